The molecular formula is C17H25N3O5Si. The molecule has 1 aliphatic rings. The van der Waals surface area contributed by atoms with Gasteiger partial charge in [0.25, 0.3) is 5.56 Å². The number of nitrogens with zero attached hydrogens (tertiary/aromatic N) is 2. The van der Waals surface area contributed by atoms with Crippen LogP contribution >= 0.6 is 0 Å². The minimum absolute atomic E-state index is 0.0856. The lowest BCUT2D eigenvalue weighted by Gasteiger charge is -2.39. The van der Waals surface area contributed by atoms with Gasteiger partial charge in [-0.2, -0.15) is 5.26 Å². The van der Waals surface area contributed by atoms with Crippen LogP contribution in [0.25, 0.3) is 0 Å². The molecule has 3 atom stereocenters. The smallest absolute Gasteiger partial charge is 0.330 e. The van der Waals surface area contributed by atoms with E-state index in [0.717, 1.165) is 0 Å². The van der Waals surface area contributed by atoms with Gasteiger partial charge < -0.3 is 14.3 Å². The van der Waals surface area contributed by atoms with Crippen molar-refractivity contribution in [3.63, 3.8) is 0 Å². The quantitative estimate of drug-likeness (QED) is 0.601. The molecule has 1 aromatic heterocycles. The average molecular weight is 379 g/mol. The summed E-state index contributed by atoms with van der Waals surface area (Å²) in [7, 11) is -2.24. The van der Waals surface area contributed by atoms with Crippen LogP contribution in [0.15, 0.2) is 33.5 Å². The summed E-state index contributed by atoms with van der Waals surface area (Å²) in [6.07, 6.45) is 0.304. The fourth-order valence-corrected chi connectivity index (χ4v) is 3.79. The summed E-state index contributed by atoms with van der Waals surface area (Å²) in [5, 5.41) is 18.9. The first-order valence-electron chi connectivity index (χ1n) is 8.37. The van der Waals surface area contributed by atoms with Crippen LogP contribution in [0.4, 0.5) is 0 Å². The van der Waals surface area contributed by atoms with Crippen molar-refractivity contribution in [3.8, 4) is 6.07 Å². The van der Waals surface area contributed by atoms with E-state index < -0.39 is 38.0 Å². The Morgan fingerprint density at radius 2 is 2.12 bits per heavy atom. The number of hydrogen-bond acceptors (Lipinski definition) is 6. The number of ether oxygens (including phenoxy) is 1. The number of hydrogen-bond donors (Lipinski definition) is 2. The molecule has 1 fully saturated rings. The van der Waals surface area contributed by atoms with Crippen molar-refractivity contribution in [2.24, 2.45) is 0 Å². The third-order valence-electron chi connectivity index (χ3n) is 5.00. The highest BCUT2D eigenvalue weighted by Crippen LogP contribution is 2.42. The summed E-state index contributed by atoms with van der Waals surface area (Å²) < 4.78 is 13.4. The number of aliphatic hydroxyl groups excluding tert-OH is 1. The van der Waals surface area contributed by atoms with Gasteiger partial charge in [0, 0.05) is 23.9 Å². The van der Waals surface area contributed by atoms with Gasteiger partial charge in [0.15, 0.2) is 14.5 Å². The maximum atomic E-state index is 12.1. The van der Waals surface area contributed by atoms with Crippen LogP contribution in [0.5, 0.6) is 0 Å². The zero-order valence-electron chi connectivity index (χ0n) is 15.6. The summed E-state index contributed by atoms with van der Waals surface area (Å²) in [6, 6.07) is 3.16. The SMILES string of the molecule is CC(C)(C)[Si](C)(C)OC1/C(=C/C#N)C(n2ccc(=O)[nH]c2=O)OC1CO. The van der Waals surface area contributed by atoms with Crippen molar-refractivity contribution in [2.75, 3.05) is 6.61 Å². The van der Waals surface area contributed by atoms with E-state index in [0.29, 0.717) is 5.57 Å². The Kier molecular flexibility index (Phi) is 5.72. The van der Waals surface area contributed by atoms with Gasteiger partial charge in [-0.15, -0.1) is 0 Å². The Balaban J connectivity index is 2.49. The van der Waals surface area contributed by atoms with Crippen molar-refractivity contribution < 1.29 is 14.3 Å². The first-order valence-corrected chi connectivity index (χ1v) is 11.3. The lowest BCUT2D eigenvalue weighted by molar-refractivity contribution is -0.0424. The maximum absolute atomic E-state index is 12.1. The first kappa shape index (κ1) is 20.3. The van der Waals surface area contributed by atoms with E-state index >= 15 is 0 Å². The largest absolute Gasteiger partial charge is 0.407 e. The Labute approximate surface area is 152 Å². The molecule has 1 aliphatic heterocycles. The molecule has 1 aromatic rings. The highest BCUT2D eigenvalue weighted by molar-refractivity contribution is 6.74. The molecule has 0 aromatic carbocycles. The number of nitrogens with one attached hydrogen (secondary N) is 1. The topological polar surface area (TPSA) is 117 Å². The van der Waals surface area contributed by atoms with Gasteiger partial charge in [0.1, 0.15) is 12.2 Å². The van der Waals surface area contributed by atoms with Crippen LogP contribution in [-0.2, 0) is 9.16 Å². The molecule has 142 valence electrons. The van der Waals surface area contributed by atoms with Crippen molar-refractivity contribution >= 4 is 8.32 Å². The van der Waals surface area contributed by atoms with E-state index in [4.69, 9.17) is 9.16 Å². The molecule has 8 nitrogen and oxygen atoms in total. The predicted molar refractivity (Wildman–Crippen MR) is 98.1 cm³/mol. The van der Waals surface area contributed by atoms with Crippen molar-refractivity contribution in [2.45, 2.75) is 57.3 Å². The average Bonchev–Trinajstić information content (AvgIpc) is 2.84. The van der Waals surface area contributed by atoms with Gasteiger partial charge in [0.2, 0.25) is 0 Å². The lowest BCUT2D eigenvalue weighted by Crippen LogP contribution is -2.47. The molecule has 0 radical (unpaired) electrons. The van der Waals surface area contributed by atoms with Gasteiger partial charge in [-0.25, -0.2) is 4.79 Å². The molecule has 0 amide bonds. The number of rotatable bonds is 4. The van der Waals surface area contributed by atoms with Crippen LogP contribution in [0, 0.1) is 11.3 Å². The van der Waals surface area contributed by atoms with E-state index in [9.17, 15) is 20.0 Å². The van der Waals surface area contributed by atoms with Crippen LogP contribution in [0.2, 0.25) is 18.1 Å². The minimum atomic E-state index is -2.24. The van der Waals surface area contributed by atoms with E-state index in [-0.39, 0.29) is 11.6 Å². The number of nitriles is 1. The Morgan fingerprint density at radius 1 is 1.46 bits per heavy atom. The second-order valence-corrected chi connectivity index (χ2v) is 12.6. The van der Waals surface area contributed by atoms with Crippen molar-refractivity contribution in [3.05, 3.63) is 44.8 Å². The number of aromatic nitrogens is 2. The molecule has 0 bridgehead atoms. The maximum Gasteiger partial charge on any atom is 0.330 e. The molecule has 2 N–H and O–H groups in total. The molecular weight excluding hydrogens is 354 g/mol. The summed E-state index contributed by atoms with van der Waals surface area (Å²) in [6.45, 7) is 10.0. The van der Waals surface area contributed by atoms with Crippen LogP contribution in [-0.4, -0.2) is 41.8 Å². The Hall–Kier alpha value is -1.99. The van der Waals surface area contributed by atoms with E-state index in [1.54, 1.807) is 0 Å². The van der Waals surface area contributed by atoms with E-state index in [2.05, 4.69) is 38.8 Å². The highest BCUT2D eigenvalue weighted by atomic mass is 28.4. The van der Waals surface area contributed by atoms with E-state index in [1.165, 1.54) is 22.9 Å². The predicted octanol–water partition coefficient (Wildman–Crippen LogP) is 1.27. The second kappa shape index (κ2) is 7.32. The van der Waals surface area contributed by atoms with Crippen LogP contribution in [0.1, 0.15) is 27.0 Å². The third-order valence-corrected chi connectivity index (χ3v) is 9.45. The summed E-state index contributed by atoms with van der Waals surface area (Å²) >= 11 is 0. The monoisotopic (exact) mass is 379 g/mol. The van der Waals surface area contributed by atoms with Crippen LogP contribution in [0.3, 0.4) is 0 Å². The zero-order valence-corrected chi connectivity index (χ0v) is 16.6. The zero-order chi connectivity index (χ0) is 19.7. The van der Waals surface area contributed by atoms with Gasteiger partial charge in [0.05, 0.1) is 12.7 Å². The van der Waals surface area contributed by atoms with Gasteiger partial charge in [-0.1, -0.05) is 20.8 Å². The number of H-pyrrole nitrogens is 1. The third kappa shape index (κ3) is 3.88. The Morgan fingerprint density at radius 3 is 2.62 bits per heavy atom. The van der Waals surface area contributed by atoms with Crippen LogP contribution < -0.4 is 11.2 Å². The fourth-order valence-electron chi connectivity index (χ4n) is 2.51. The minimum Gasteiger partial charge on any atom is -0.407 e. The molecule has 2 heterocycles. The van der Waals surface area contributed by atoms with Gasteiger partial charge in [-0.3, -0.25) is 14.3 Å². The fraction of sp³-hybridized carbons (Fsp3) is 0.588. The van der Waals surface area contributed by atoms with Gasteiger partial charge in [-0.05, 0) is 18.1 Å². The molecule has 0 aliphatic carbocycles. The number of allylic oxidation sites excluding steroid dienone is 1. The molecule has 9 heteroatoms. The standard InChI is InChI=1S/C17H25N3O5Si/c1-17(2,3)26(4,5)25-14-11(6-8-18)15(24-12(14)10-21)20-9-7-13(22)19-16(20)23/h6-7,9,12,14-15,21H,10H2,1-5H3,(H,19,22,23)/b11-6-. The molecule has 0 saturated carbocycles. The van der Waals surface area contributed by atoms with Crippen molar-refractivity contribution in [1.29, 1.82) is 5.26 Å². The molecule has 26 heavy (non-hydrogen) atoms. The molecule has 3 unspecified atom stereocenters. The Bertz CT molecular complexity index is 843. The molecule has 1 saturated heterocycles. The highest BCUT2D eigenvalue weighted by Gasteiger charge is 2.47. The number of aromatic amines is 1. The summed E-state index contributed by atoms with van der Waals surface area (Å²) in [5.74, 6) is 0. The molecule has 0 spiro atoms. The first-order chi connectivity index (χ1) is 12.0. The lowest BCUT2D eigenvalue weighted by atomic mass is 10.1. The number of aliphatic hydroxyl groups is 1. The second-order valence-electron chi connectivity index (χ2n) is 7.80. The summed E-state index contributed by atoms with van der Waals surface area (Å²) in [4.78, 5) is 25.6. The van der Waals surface area contributed by atoms with Crippen molar-refractivity contribution in [1.82, 2.24) is 9.55 Å². The normalized spacial score (nSPS) is 25.4. The molecule has 2 rings (SSSR count). The van der Waals surface area contributed by atoms with E-state index in [1.807, 2.05) is 6.07 Å². The summed E-state index contributed by atoms with van der Waals surface area (Å²) in [5.41, 5.74) is -0.732. The van der Waals surface area contributed by atoms with Gasteiger partial charge >= 0.3 is 5.69 Å².